The Morgan fingerprint density at radius 3 is 2.48 bits per heavy atom. The van der Waals surface area contributed by atoms with Gasteiger partial charge in [0.25, 0.3) is 0 Å². The number of carbonyl (C=O) groups excluding carboxylic acids is 2. The Kier molecular flexibility index (Phi) is 5.37. The lowest BCUT2D eigenvalue weighted by Crippen LogP contribution is -2.37. The standard InChI is InChI=1S/C22H23N5O2/c1-15(17-7-6-16-4-2-3-5-18(16)12-17)25-21(28)22(29)26-19-8-10-20(11-9-19)27-14-23-13-24-27/h6-15H,2-5H2,1H3,(H,25,28)(H,26,29). The highest BCUT2D eigenvalue weighted by atomic mass is 16.2. The lowest BCUT2D eigenvalue weighted by Gasteiger charge is -2.20. The topological polar surface area (TPSA) is 88.9 Å². The maximum Gasteiger partial charge on any atom is 0.313 e. The van der Waals surface area contributed by atoms with E-state index in [0.29, 0.717) is 5.69 Å². The van der Waals surface area contributed by atoms with E-state index in [9.17, 15) is 9.59 Å². The van der Waals surface area contributed by atoms with Crippen molar-refractivity contribution in [3.8, 4) is 5.69 Å². The molecule has 1 aliphatic carbocycles. The van der Waals surface area contributed by atoms with Gasteiger partial charge in [0.15, 0.2) is 0 Å². The van der Waals surface area contributed by atoms with E-state index in [1.54, 1.807) is 35.3 Å². The minimum absolute atomic E-state index is 0.241. The summed E-state index contributed by atoms with van der Waals surface area (Å²) in [7, 11) is 0. The average molecular weight is 389 g/mol. The van der Waals surface area contributed by atoms with Crippen molar-refractivity contribution in [2.75, 3.05) is 5.32 Å². The Bertz CT molecular complexity index is 1010. The molecule has 1 heterocycles. The van der Waals surface area contributed by atoms with Gasteiger partial charge in [-0.15, -0.1) is 0 Å². The van der Waals surface area contributed by atoms with E-state index in [2.05, 4.69) is 32.8 Å². The fourth-order valence-corrected chi connectivity index (χ4v) is 3.60. The molecule has 0 fully saturated rings. The number of aryl methyl sites for hydroxylation is 2. The molecule has 0 radical (unpaired) electrons. The van der Waals surface area contributed by atoms with Gasteiger partial charge in [-0.05, 0) is 73.6 Å². The van der Waals surface area contributed by atoms with Crippen LogP contribution in [0.15, 0.2) is 55.1 Å². The molecule has 2 N–H and O–H groups in total. The van der Waals surface area contributed by atoms with Crippen molar-refractivity contribution in [1.82, 2.24) is 20.1 Å². The van der Waals surface area contributed by atoms with Gasteiger partial charge in [0.2, 0.25) is 0 Å². The fourth-order valence-electron chi connectivity index (χ4n) is 3.60. The summed E-state index contributed by atoms with van der Waals surface area (Å²) in [5.41, 5.74) is 5.11. The number of amides is 2. The zero-order chi connectivity index (χ0) is 20.2. The summed E-state index contributed by atoms with van der Waals surface area (Å²) in [6.07, 6.45) is 7.67. The highest BCUT2D eigenvalue weighted by Gasteiger charge is 2.18. The van der Waals surface area contributed by atoms with Gasteiger partial charge in [-0.2, -0.15) is 5.10 Å². The second-order valence-electron chi connectivity index (χ2n) is 7.27. The van der Waals surface area contributed by atoms with Crippen LogP contribution in [0.25, 0.3) is 5.69 Å². The van der Waals surface area contributed by atoms with Crippen LogP contribution < -0.4 is 10.6 Å². The molecule has 0 bridgehead atoms. The SMILES string of the molecule is CC(NC(=O)C(=O)Nc1ccc(-n2cncn2)cc1)c1ccc2c(c1)CCCC2. The highest BCUT2D eigenvalue weighted by molar-refractivity contribution is 6.39. The molecule has 3 aromatic rings. The van der Waals surface area contributed by atoms with Crippen LogP contribution in [0.1, 0.15) is 42.5 Å². The highest BCUT2D eigenvalue weighted by Crippen LogP contribution is 2.24. The number of benzene rings is 2. The monoisotopic (exact) mass is 389 g/mol. The molecule has 4 rings (SSSR count). The van der Waals surface area contributed by atoms with Crippen molar-refractivity contribution in [2.45, 2.75) is 38.6 Å². The van der Waals surface area contributed by atoms with Crippen molar-refractivity contribution < 1.29 is 9.59 Å². The molecule has 1 unspecified atom stereocenters. The molecule has 0 spiro atoms. The zero-order valence-electron chi connectivity index (χ0n) is 16.3. The second kappa shape index (κ2) is 8.26. The van der Waals surface area contributed by atoms with E-state index in [4.69, 9.17) is 0 Å². The smallest absolute Gasteiger partial charge is 0.313 e. The van der Waals surface area contributed by atoms with Gasteiger partial charge in [0, 0.05) is 5.69 Å². The molecular weight excluding hydrogens is 366 g/mol. The third-order valence-corrected chi connectivity index (χ3v) is 5.23. The largest absolute Gasteiger partial charge is 0.341 e. The molecule has 0 saturated carbocycles. The molecule has 148 valence electrons. The molecule has 0 saturated heterocycles. The average Bonchev–Trinajstić information content (AvgIpc) is 3.28. The van der Waals surface area contributed by atoms with Crippen LogP contribution in [-0.4, -0.2) is 26.6 Å². The Morgan fingerprint density at radius 1 is 1.00 bits per heavy atom. The number of nitrogens with zero attached hydrogens (tertiary/aromatic N) is 3. The number of hydrogen-bond donors (Lipinski definition) is 2. The maximum absolute atomic E-state index is 12.3. The number of carbonyl (C=O) groups is 2. The van der Waals surface area contributed by atoms with Crippen molar-refractivity contribution in [3.63, 3.8) is 0 Å². The Labute approximate surface area is 169 Å². The number of fused-ring (bicyclic) bond motifs is 1. The summed E-state index contributed by atoms with van der Waals surface area (Å²) < 4.78 is 1.61. The van der Waals surface area contributed by atoms with Gasteiger partial charge in [0.1, 0.15) is 12.7 Å². The second-order valence-corrected chi connectivity index (χ2v) is 7.27. The van der Waals surface area contributed by atoms with Crippen LogP contribution in [0, 0.1) is 0 Å². The Balaban J connectivity index is 1.36. The summed E-state index contributed by atoms with van der Waals surface area (Å²) in [6, 6.07) is 13.1. The van der Waals surface area contributed by atoms with Gasteiger partial charge >= 0.3 is 11.8 Å². The molecule has 2 aromatic carbocycles. The van der Waals surface area contributed by atoms with Gasteiger partial charge in [-0.3, -0.25) is 9.59 Å². The molecule has 7 nitrogen and oxygen atoms in total. The van der Waals surface area contributed by atoms with Crippen LogP contribution in [0.5, 0.6) is 0 Å². The first-order valence-corrected chi connectivity index (χ1v) is 9.79. The summed E-state index contributed by atoms with van der Waals surface area (Å²) in [6.45, 7) is 1.89. The minimum atomic E-state index is -0.691. The molecule has 1 aliphatic rings. The van der Waals surface area contributed by atoms with Gasteiger partial charge in [-0.25, -0.2) is 9.67 Å². The predicted octanol–water partition coefficient (Wildman–Crippen LogP) is 2.96. The van der Waals surface area contributed by atoms with Crippen molar-refractivity contribution in [3.05, 3.63) is 71.8 Å². The number of rotatable bonds is 4. The molecule has 2 amide bonds. The van der Waals surface area contributed by atoms with Gasteiger partial charge < -0.3 is 10.6 Å². The van der Waals surface area contributed by atoms with Crippen LogP contribution >= 0.6 is 0 Å². The minimum Gasteiger partial charge on any atom is -0.341 e. The van der Waals surface area contributed by atoms with E-state index in [1.807, 2.05) is 13.0 Å². The summed E-state index contributed by atoms with van der Waals surface area (Å²) in [5, 5.41) is 9.46. The Hall–Kier alpha value is -3.48. The van der Waals surface area contributed by atoms with E-state index < -0.39 is 11.8 Å². The molecule has 1 aromatic heterocycles. The Morgan fingerprint density at radius 2 is 1.76 bits per heavy atom. The van der Waals surface area contributed by atoms with Crippen molar-refractivity contribution in [2.24, 2.45) is 0 Å². The van der Waals surface area contributed by atoms with E-state index in [1.165, 1.54) is 30.3 Å². The van der Waals surface area contributed by atoms with E-state index in [-0.39, 0.29) is 6.04 Å². The maximum atomic E-state index is 12.3. The third-order valence-electron chi connectivity index (χ3n) is 5.23. The quantitative estimate of drug-likeness (QED) is 0.672. The van der Waals surface area contributed by atoms with Crippen molar-refractivity contribution >= 4 is 17.5 Å². The number of hydrogen-bond acceptors (Lipinski definition) is 4. The normalized spacial score (nSPS) is 14.0. The number of anilines is 1. The first-order chi connectivity index (χ1) is 14.1. The van der Waals surface area contributed by atoms with Crippen LogP contribution in [-0.2, 0) is 22.4 Å². The molecule has 29 heavy (non-hydrogen) atoms. The predicted molar refractivity (Wildman–Crippen MR) is 110 cm³/mol. The third kappa shape index (κ3) is 4.34. The van der Waals surface area contributed by atoms with E-state index >= 15 is 0 Å². The zero-order valence-corrected chi connectivity index (χ0v) is 16.3. The van der Waals surface area contributed by atoms with Gasteiger partial charge in [-0.1, -0.05) is 18.2 Å². The summed E-state index contributed by atoms with van der Waals surface area (Å²) >= 11 is 0. The van der Waals surface area contributed by atoms with Crippen LogP contribution in [0.4, 0.5) is 5.69 Å². The molecule has 7 heteroatoms. The first kappa shape index (κ1) is 18.9. The summed E-state index contributed by atoms with van der Waals surface area (Å²) in [4.78, 5) is 28.5. The summed E-state index contributed by atoms with van der Waals surface area (Å²) in [5.74, 6) is -1.35. The van der Waals surface area contributed by atoms with Crippen LogP contribution in [0.2, 0.25) is 0 Å². The van der Waals surface area contributed by atoms with Crippen LogP contribution in [0.3, 0.4) is 0 Å². The number of nitrogens with one attached hydrogen (secondary N) is 2. The van der Waals surface area contributed by atoms with E-state index in [0.717, 1.165) is 24.1 Å². The van der Waals surface area contributed by atoms with Crippen molar-refractivity contribution in [1.29, 1.82) is 0 Å². The number of aromatic nitrogens is 3. The molecule has 0 aliphatic heterocycles. The lowest BCUT2D eigenvalue weighted by molar-refractivity contribution is -0.136. The first-order valence-electron chi connectivity index (χ1n) is 9.79. The fraction of sp³-hybridized carbons (Fsp3) is 0.273. The molecular formula is C22H23N5O2. The molecule has 1 atom stereocenters. The van der Waals surface area contributed by atoms with Gasteiger partial charge in [0.05, 0.1) is 11.7 Å². The lowest BCUT2D eigenvalue weighted by atomic mass is 9.89.